The van der Waals surface area contributed by atoms with Gasteiger partial charge in [-0.2, -0.15) is 0 Å². The molecule has 1 aromatic rings. The summed E-state index contributed by atoms with van der Waals surface area (Å²) >= 11 is 2.97. The number of halogens is 3. The Hall–Kier alpha value is -0.520. The number of benzene rings is 1. The van der Waals surface area contributed by atoms with E-state index in [1.807, 2.05) is 0 Å². The van der Waals surface area contributed by atoms with Crippen molar-refractivity contribution in [2.45, 2.75) is 18.9 Å². The van der Waals surface area contributed by atoms with Gasteiger partial charge in [-0.3, -0.25) is 0 Å². The Morgan fingerprint density at radius 3 is 2.75 bits per heavy atom. The largest absolute Gasteiger partial charge is 0.393 e. The molecule has 0 amide bonds. The maximum absolute atomic E-state index is 13.5. The fourth-order valence-electron chi connectivity index (χ4n) is 1.35. The van der Waals surface area contributed by atoms with Crippen molar-refractivity contribution in [3.8, 4) is 0 Å². The summed E-state index contributed by atoms with van der Waals surface area (Å²) in [6, 6.07) is 2.47. The van der Waals surface area contributed by atoms with E-state index < -0.39 is 17.7 Å². The summed E-state index contributed by atoms with van der Waals surface area (Å²) in [6.07, 6.45) is -0.513. The Labute approximate surface area is 101 Å². The van der Waals surface area contributed by atoms with E-state index in [-0.39, 0.29) is 16.5 Å². The molecule has 0 saturated heterocycles. The molecule has 2 nitrogen and oxygen atoms in total. The molecule has 0 aliphatic heterocycles. The van der Waals surface area contributed by atoms with Crippen LogP contribution in [0.2, 0.25) is 0 Å². The van der Waals surface area contributed by atoms with Crippen LogP contribution in [0.5, 0.6) is 0 Å². The molecule has 0 bridgehead atoms. The van der Waals surface area contributed by atoms with Crippen molar-refractivity contribution in [2.75, 3.05) is 13.7 Å². The summed E-state index contributed by atoms with van der Waals surface area (Å²) in [6.45, 7) is 0.360. The Balaban J connectivity index is 2.76. The van der Waals surface area contributed by atoms with Crippen LogP contribution in [-0.4, -0.2) is 24.9 Å². The lowest BCUT2D eigenvalue weighted by Gasteiger charge is -2.12. The van der Waals surface area contributed by atoms with E-state index >= 15 is 0 Å². The van der Waals surface area contributed by atoms with E-state index in [0.29, 0.717) is 13.0 Å². The molecule has 16 heavy (non-hydrogen) atoms. The lowest BCUT2D eigenvalue weighted by Crippen LogP contribution is -2.15. The number of methoxy groups -OCH3 is 1. The van der Waals surface area contributed by atoms with Crippen molar-refractivity contribution >= 4 is 15.9 Å². The summed E-state index contributed by atoms with van der Waals surface area (Å²) in [4.78, 5) is 0. The third kappa shape index (κ3) is 3.50. The first-order valence-corrected chi connectivity index (χ1v) is 5.65. The lowest BCUT2D eigenvalue weighted by molar-refractivity contribution is 0.109. The number of aliphatic hydroxyl groups excluding tert-OH is 1. The van der Waals surface area contributed by atoms with Gasteiger partial charge < -0.3 is 9.84 Å². The fourth-order valence-corrected chi connectivity index (χ4v) is 1.72. The minimum Gasteiger partial charge on any atom is -0.393 e. The fraction of sp³-hybridized carbons (Fsp3) is 0.455. The Kier molecular flexibility index (Phi) is 5.31. The van der Waals surface area contributed by atoms with Gasteiger partial charge in [-0.1, -0.05) is 0 Å². The second-order valence-electron chi connectivity index (χ2n) is 3.46. The van der Waals surface area contributed by atoms with Gasteiger partial charge in [0.05, 0.1) is 10.6 Å². The monoisotopic (exact) mass is 294 g/mol. The van der Waals surface area contributed by atoms with Gasteiger partial charge in [-0.05, 0) is 34.5 Å². The van der Waals surface area contributed by atoms with Crippen LogP contribution < -0.4 is 0 Å². The highest BCUT2D eigenvalue weighted by Crippen LogP contribution is 2.23. The molecule has 1 aromatic carbocycles. The zero-order valence-corrected chi connectivity index (χ0v) is 10.4. The van der Waals surface area contributed by atoms with Crippen LogP contribution in [0.25, 0.3) is 0 Å². The van der Waals surface area contributed by atoms with Gasteiger partial charge in [-0.25, -0.2) is 8.78 Å². The highest BCUT2D eigenvalue weighted by atomic mass is 79.9. The summed E-state index contributed by atoms with van der Waals surface area (Å²) in [5.74, 6) is -1.30. The van der Waals surface area contributed by atoms with Gasteiger partial charge in [0, 0.05) is 25.7 Å². The van der Waals surface area contributed by atoms with E-state index in [1.165, 1.54) is 19.2 Å². The quantitative estimate of drug-likeness (QED) is 0.846. The molecule has 0 fully saturated rings. The van der Waals surface area contributed by atoms with Crippen molar-refractivity contribution in [2.24, 2.45) is 0 Å². The topological polar surface area (TPSA) is 29.5 Å². The van der Waals surface area contributed by atoms with Gasteiger partial charge in [-0.15, -0.1) is 0 Å². The molecule has 1 rings (SSSR count). The van der Waals surface area contributed by atoms with Crippen LogP contribution in [0, 0.1) is 11.6 Å². The molecule has 0 aliphatic rings. The molecule has 1 N–H and O–H groups in total. The third-order valence-corrected chi connectivity index (χ3v) is 2.85. The van der Waals surface area contributed by atoms with Gasteiger partial charge in [0.15, 0.2) is 0 Å². The molecular formula is C11H13BrF2O2. The van der Waals surface area contributed by atoms with E-state index in [4.69, 9.17) is 4.74 Å². The molecule has 90 valence electrons. The molecule has 0 aromatic heterocycles. The highest BCUT2D eigenvalue weighted by molar-refractivity contribution is 9.10. The average Bonchev–Trinajstić information content (AvgIpc) is 2.27. The molecule has 0 aliphatic carbocycles. The standard InChI is InChI=1S/C11H13BrF2O2/c1-16-5-4-7(15)6-8-10(13)3-2-9(12)11(8)14/h2-3,7,15H,4-6H2,1H3. The van der Waals surface area contributed by atoms with Crippen molar-refractivity contribution in [1.29, 1.82) is 0 Å². The minimum absolute atomic E-state index is 0.0551. The molecule has 0 saturated carbocycles. The van der Waals surface area contributed by atoms with Crippen molar-refractivity contribution in [3.63, 3.8) is 0 Å². The Morgan fingerprint density at radius 1 is 1.44 bits per heavy atom. The van der Waals surface area contributed by atoms with E-state index in [2.05, 4.69) is 15.9 Å². The summed E-state index contributed by atoms with van der Waals surface area (Å²) < 4.78 is 31.8. The molecule has 0 spiro atoms. The highest BCUT2D eigenvalue weighted by Gasteiger charge is 2.16. The van der Waals surface area contributed by atoms with Crippen LogP contribution in [0.15, 0.2) is 16.6 Å². The normalized spacial score (nSPS) is 12.8. The summed E-state index contributed by atoms with van der Waals surface area (Å²) in [7, 11) is 1.51. The Morgan fingerprint density at radius 2 is 2.12 bits per heavy atom. The second-order valence-corrected chi connectivity index (χ2v) is 4.32. The average molecular weight is 295 g/mol. The van der Waals surface area contributed by atoms with Crippen LogP contribution >= 0.6 is 15.9 Å². The SMILES string of the molecule is COCCC(O)Cc1c(F)ccc(Br)c1F. The first kappa shape index (κ1) is 13.5. The smallest absolute Gasteiger partial charge is 0.143 e. The zero-order valence-electron chi connectivity index (χ0n) is 8.84. The first-order chi connectivity index (χ1) is 7.56. The number of ether oxygens (including phenoxy) is 1. The van der Waals surface area contributed by atoms with Crippen molar-refractivity contribution in [3.05, 3.63) is 33.8 Å². The van der Waals surface area contributed by atoms with E-state index in [0.717, 1.165) is 0 Å². The Bertz CT molecular complexity index is 358. The predicted octanol–water partition coefficient (Wildman–Crippen LogP) is 2.67. The molecule has 1 atom stereocenters. The lowest BCUT2D eigenvalue weighted by atomic mass is 10.0. The van der Waals surface area contributed by atoms with E-state index in [9.17, 15) is 13.9 Å². The van der Waals surface area contributed by atoms with Crippen LogP contribution in [0.3, 0.4) is 0 Å². The third-order valence-electron chi connectivity index (χ3n) is 2.23. The van der Waals surface area contributed by atoms with E-state index in [1.54, 1.807) is 0 Å². The van der Waals surface area contributed by atoms with Crippen LogP contribution in [0.1, 0.15) is 12.0 Å². The molecule has 0 heterocycles. The number of aliphatic hydroxyl groups is 1. The first-order valence-electron chi connectivity index (χ1n) is 4.85. The van der Waals surface area contributed by atoms with Crippen LogP contribution in [0.4, 0.5) is 8.78 Å². The second kappa shape index (κ2) is 6.27. The van der Waals surface area contributed by atoms with Crippen LogP contribution in [-0.2, 0) is 11.2 Å². The maximum atomic E-state index is 13.5. The minimum atomic E-state index is -0.807. The maximum Gasteiger partial charge on any atom is 0.143 e. The molecule has 5 heteroatoms. The van der Waals surface area contributed by atoms with Gasteiger partial charge in [0.25, 0.3) is 0 Å². The number of rotatable bonds is 5. The van der Waals surface area contributed by atoms with Gasteiger partial charge in [0.1, 0.15) is 11.6 Å². The molecule has 1 unspecified atom stereocenters. The predicted molar refractivity (Wildman–Crippen MR) is 60.3 cm³/mol. The summed E-state index contributed by atoms with van der Waals surface area (Å²) in [5, 5.41) is 9.54. The summed E-state index contributed by atoms with van der Waals surface area (Å²) in [5.41, 5.74) is -0.0991. The van der Waals surface area contributed by atoms with Crippen molar-refractivity contribution in [1.82, 2.24) is 0 Å². The molecule has 0 radical (unpaired) electrons. The molecular weight excluding hydrogens is 282 g/mol. The van der Waals surface area contributed by atoms with Gasteiger partial charge in [0.2, 0.25) is 0 Å². The van der Waals surface area contributed by atoms with Gasteiger partial charge >= 0.3 is 0 Å². The zero-order chi connectivity index (χ0) is 12.1. The van der Waals surface area contributed by atoms with Crippen molar-refractivity contribution < 1.29 is 18.6 Å². The number of hydrogen-bond donors (Lipinski definition) is 1. The number of hydrogen-bond acceptors (Lipinski definition) is 2.